The number of nitrogens with zero attached hydrogens (tertiary/aromatic N) is 2. The van der Waals surface area contributed by atoms with Gasteiger partial charge in [0.15, 0.2) is 17.4 Å². The van der Waals surface area contributed by atoms with Crippen molar-refractivity contribution in [2.45, 2.75) is 90.9 Å². The molecule has 0 aliphatic carbocycles. The number of carbonyl (C=O) groups excluding carboxylic acids is 1. The molecule has 3 aromatic rings. The summed E-state index contributed by atoms with van der Waals surface area (Å²) in [5, 5.41) is 0. The Bertz CT molecular complexity index is 1150. The number of unbranched alkanes of at least 4 members (excludes halogenated alkanes) is 9. The average molecular weight is 539 g/mol. The van der Waals surface area contributed by atoms with E-state index >= 15 is 0 Å². The van der Waals surface area contributed by atoms with Crippen molar-refractivity contribution in [3.8, 4) is 22.9 Å². The van der Waals surface area contributed by atoms with Crippen LogP contribution < -0.4 is 9.47 Å². The fourth-order valence-electron chi connectivity index (χ4n) is 4.27. The van der Waals surface area contributed by atoms with Crippen LogP contribution in [0.2, 0.25) is 0 Å². The lowest BCUT2D eigenvalue weighted by Gasteiger charge is -2.10. The molecule has 0 amide bonds. The third-order valence-electron chi connectivity index (χ3n) is 6.62. The van der Waals surface area contributed by atoms with Gasteiger partial charge >= 0.3 is 5.97 Å². The molecule has 3 rings (SSSR count). The zero-order valence-corrected chi connectivity index (χ0v) is 23.2. The minimum atomic E-state index is -1.28. The maximum absolute atomic E-state index is 14.6. The van der Waals surface area contributed by atoms with E-state index in [-0.39, 0.29) is 11.5 Å². The fourth-order valence-corrected chi connectivity index (χ4v) is 4.27. The molecule has 0 atom stereocenters. The first kappa shape index (κ1) is 30.2. The Labute approximate surface area is 231 Å². The number of halogens is 2. The predicted octanol–water partition coefficient (Wildman–Crippen LogP) is 8.89. The highest BCUT2D eigenvalue weighted by molar-refractivity contribution is 5.91. The van der Waals surface area contributed by atoms with Crippen LogP contribution in [0, 0.1) is 11.6 Å². The van der Waals surface area contributed by atoms with Crippen LogP contribution in [0.5, 0.6) is 11.5 Å². The van der Waals surface area contributed by atoms with Gasteiger partial charge in [0.1, 0.15) is 5.75 Å². The molecule has 39 heavy (non-hydrogen) atoms. The first-order chi connectivity index (χ1) is 19.0. The van der Waals surface area contributed by atoms with E-state index in [0.717, 1.165) is 43.2 Å². The Morgan fingerprint density at radius 1 is 0.744 bits per heavy atom. The van der Waals surface area contributed by atoms with Crippen LogP contribution in [-0.4, -0.2) is 22.5 Å². The molecule has 0 radical (unpaired) electrons. The number of hydrogen-bond acceptors (Lipinski definition) is 5. The number of aromatic nitrogens is 2. The molecule has 1 heterocycles. The van der Waals surface area contributed by atoms with Gasteiger partial charge < -0.3 is 9.47 Å². The van der Waals surface area contributed by atoms with Crippen LogP contribution in [0.1, 0.15) is 100 Å². The monoisotopic (exact) mass is 538 g/mol. The third kappa shape index (κ3) is 9.72. The normalized spacial score (nSPS) is 11.0. The molecule has 0 fully saturated rings. The molecule has 0 spiro atoms. The molecule has 0 N–H and O–H groups in total. The van der Waals surface area contributed by atoms with Crippen molar-refractivity contribution < 1.29 is 23.0 Å². The van der Waals surface area contributed by atoms with Crippen LogP contribution in [0.4, 0.5) is 8.78 Å². The van der Waals surface area contributed by atoms with Crippen LogP contribution in [0.15, 0.2) is 48.8 Å². The average Bonchev–Trinajstić information content (AvgIpc) is 2.95. The van der Waals surface area contributed by atoms with Crippen LogP contribution in [-0.2, 0) is 6.42 Å². The van der Waals surface area contributed by atoms with E-state index in [4.69, 9.17) is 9.47 Å². The lowest BCUT2D eigenvalue weighted by atomic mass is 10.1. The highest BCUT2D eigenvalue weighted by Crippen LogP contribution is 2.25. The van der Waals surface area contributed by atoms with Crippen molar-refractivity contribution in [3.63, 3.8) is 0 Å². The molecule has 0 saturated heterocycles. The standard InChI is InChI=1S/C32H40F2N2O3/c1-3-5-7-9-11-13-21-38-28-20-19-27(29(33)30(28)34)32(37)39-26-17-15-25(16-18-26)31-35-22-24(23-36-31)14-12-10-8-6-4-2/h15-20,22-23H,3-14,21H2,1-2H3. The zero-order valence-electron chi connectivity index (χ0n) is 23.2. The second-order valence-electron chi connectivity index (χ2n) is 9.85. The fraction of sp³-hybridized carbons (Fsp3) is 0.469. The van der Waals surface area contributed by atoms with Gasteiger partial charge in [0.25, 0.3) is 0 Å². The molecule has 7 heteroatoms. The minimum Gasteiger partial charge on any atom is -0.490 e. The lowest BCUT2D eigenvalue weighted by Crippen LogP contribution is -2.12. The summed E-state index contributed by atoms with van der Waals surface area (Å²) < 4.78 is 39.8. The van der Waals surface area contributed by atoms with Crippen LogP contribution in [0.25, 0.3) is 11.4 Å². The van der Waals surface area contributed by atoms with E-state index in [1.54, 1.807) is 24.3 Å². The summed E-state index contributed by atoms with van der Waals surface area (Å²) in [6.07, 6.45) is 17.1. The second kappa shape index (κ2) is 16.6. The number of rotatable bonds is 17. The summed E-state index contributed by atoms with van der Waals surface area (Å²) in [6.45, 7) is 4.66. The number of benzene rings is 2. The van der Waals surface area contributed by atoms with E-state index in [1.807, 2.05) is 12.4 Å². The first-order valence-electron chi connectivity index (χ1n) is 14.3. The summed E-state index contributed by atoms with van der Waals surface area (Å²) in [5.41, 5.74) is 1.37. The second-order valence-corrected chi connectivity index (χ2v) is 9.85. The number of ether oxygens (including phenoxy) is 2. The topological polar surface area (TPSA) is 61.3 Å². The smallest absolute Gasteiger partial charge is 0.346 e. The summed E-state index contributed by atoms with van der Waals surface area (Å²) in [7, 11) is 0. The van der Waals surface area contributed by atoms with Gasteiger partial charge in [0.05, 0.1) is 12.2 Å². The quantitative estimate of drug-likeness (QED) is 0.0975. The maximum atomic E-state index is 14.6. The molecule has 2 aromatic carbocycles. The molecule has 0 bridgehead atoms. The molecule has 5 nitrogen and oxygen atoms in total. The van der Waals surface area contributed by atoms with Crippen molar-refractivity contribution in [2.75, 3.05) is 6.61 Å². The van der Waals surface area contributed by atoms with Gasteiger partial charge in [-0.05, 0) is 61.2 Å². The Morgan fingerprint density at radius 2 is 1.36 bits per heavy atom. The van der Waals surface area contributed by atoms with Gasteiger partial charge in [-0.1, -0.05) is 71.6 Å². The number of aryl methyl sites for hydroxylation is 1. The van der Waals surface area contributed by atoms with Crippen molar-refractivity contribution in [2.24, 2.45) is 0 Å². The molecule has 1 aromatic heterocycles. The van der Waals surface area contributed by atoms with Crippen LogP contribution >= 0.6 is 0 Å². The molecule has 0 saturated carbocycles. The van der Waals surface area contributed by atoms with Gasteiger partial charge in [0.2, 0.25) is 5.82 Å². The van der Waals surface area contributed by atoms with Gasteiger partial charge in [0, 0.05) is 18.0 Å². The van der Waals surface area contributed by atoms with E-state index in [2.05, 4.69) is 23.8 Å². The van der Waals surface area contributed by atoms with Crippen molar-refractivity contribution >= 4 is 5.97 Å². The Balaban J connectivity index is 1.51. The van der Waals surface area contributed by atoms with E-state index in [1.165, 1.54) is 57.1 Å². The number of carbonyl (C=O) groups is 1. The Morgan fingerprint density at radius 3 is 2.03 bits per heavy atom. The number of esters is 1. The molecule has 0 unspecified atom stereocenters. The lowest BCUT2D eigenvalue weighted by molar-refractivity contribution is 0.0728. The van der Waals surface area contributed by atoms with Crippen molar-refractivity contribution in [1.82, 2.24) is 9.97 Å². The van der Waals surface area contributed by atoms with Crippen molar-refractivity contribution in [3.05, 3.63) is 71.6 Å². The summed E-state index contributed by atoms with van der Waals surface area (Å²) in [4.78, 5) is 21.4. The highest BCUT2D eigenvalue weighted by Gasteiger charge is 2.21. The molecule has 0 aliphatic heterocycles. The maximum Gasteiger partial charge on any atom is 0.346 e. The zero-order chi connectivity index (χ0) is 27.9. The predicted molar refractivity (Wildman–Crippen MR) is 150 cm³/mol. The Hall–Kier alpha value is -3.35. The molecule has 210 valence electrons. The highest BCUT2D eigenvalue weighted by atomic mass is 19.2. The van der Waals surface area contributed by atoms with E-state index < -0.39 is 23.2 Å². The number of hydrogen-bond donors (Lipinski definition) is 0. The first-order valence-corrected chi connectivity index (χ1v) is 14.3. The van der Waals surface area contributed by atoms with Crippen LogP contribution in [0.3, 0.4) is 0 Å². The van der Waals surface area contributed by atoms with Gasteiger partial charge in [-0.25, -0.2) is 19.2 Å². The van der Waals surface area contributed by atoms with Crippen molar-refractivity contribution in [1.29, 1.82) is 0 Å². The molecule has 0 aliphatic rings. The SMILES string of the molecule is CCCCCCCCOc1ccc(C(=O)Oc2ccc(-c3ncc(CCCCCCC)cn3)cc2)c(F)c1F. The van der Waals surface area contributed by atoms with Gasteiger partial charge in [-0.15, -0.1) is 0 Å². The van der Waals surface area contributed by atoms with Gasteiger partial charge in [-0.2, -0.15) is 4.39 Å². The molecular formula is C32H40F2N2O3. The van der Waals surface area contributed by atoms with Gasteiger partial charge in [-0.3, -0.25) is 0 Å². The third-order valence-corrected chi connectivity index (χ3v) is 6.62. The summed E-state index contributed by atoms with van der Waals surface area (Å²) >= 11 is 0. The summed E-state index contributed by atoms with van der Waals surface area (Å²) in [5.74, 6) is -2.89. The molecular weight excluding hydrogens is 498 g/mol. The van der Waals surface area contributed by atoms with E-state index in [0.29, 0.717) is 12.4 Å². The Kier molecular flexibility index (Phi) is 12.8. The minimum absolute atomic E-state index is 0.204. The largest absolute Gasteiger partial charge is 0.490 e. The van der Waals surface area contributed by atoms with E-state index in [9.17, 15) is 13.6 Å². The summed E-state index contributed by atoms with van der Waals surface area (Å²) in [6, 6.07) is 9.04.